The largest absolute Gasteiger partial charge is 0.396 e. The summed E-state index contributed by atoms with van der Waals surface area (Å²) in [5.74, 6) is 2.17. The molecule has 37 heavy (non-hydrogen) atoms. The summed E-state index contributed by atoms with van der Waals surface area (Å²) in [5, 5.41) is 20.4. The third-order valence-electron chi connectivity index (χ3n) is 7.76. The quantitative estimate of drug-likeness (QED) is 0.531. The van der Waals surface area contributed by atoms with Crippen LogP contribution in [-0.2, 0) is 4.79 Å². The molecular weight excluding hydrogens is 464 g/mol. The smallest absolute Gasteiger partial charge is 0.225 e. The first kappa shape index (κ1) is 23.6. The van der Waals surface area contributed by atoms with Gasteiger partial charge in [0, 0.05) is 49.1 Å². The fraction of sp³-hybridized carbons (Fsp3) is 0.414. The molecule has 1 aliphatic heterocycles. The maximum absolute atomic E-state index is 12.7. The van der Waals surface area contributed by atoms with E-state index in [1.807, 2.05) is 29.3 Å². The Morgan fingerprint density at radius 3 is 2.73 bits per heavy atom. The van der Waals surface area contributed by atoms with Crippen LogP contribution in [0.25, 0.3) is 28.1 Å². The average Bonchev–Trinajstić information content (AvgIpc) is 3.85. The van der Waals surface area contributed by atoms with Gasteiger partial charge in [-0.2, -0.15) is 5.26 Å². The number of aromatic nitrogens is 3. The molecule has 1 N–H and O–H groups in total. The summed E-state index contributed by atoms with van der Waals surface area (Å²) in [6.07, 6.45) is 8.02. The number of piperazine rings is 1. The number of carbonyl (C=O) groups excluding carboxylic acids is 1. The number of hydrogen-bond donors (Lipinski definition) is 1. The van der Waals surface area contributed by atoms with Crippen LogP contribution in [0.2, 0.25) is 0 Å². The Morgan fingerprint density at radius 2 is 2.03 bits per heavy atom. The number of nitriles is 1. The van der Waals surface area contributed by atoms with E-state index in [9.17, 15) is 15.2 Å². The molecule has 0 bridgehead atoms. The van der Waals surface area contributed by atoms with Crippen LogP contribution < -0.4 is 4.90 Å². The predicted octanol–water partition coefficient (Wildman–Crippen LogP) is 3.89. The first-order valence-electron chi connectivity index (χ1n) is 13.1. The lowest BCUT2D eigenvalue weighted by Crippen LogP contribution is -2.56. The van der Waals surface area contributed by atoms with Crippen molar-refractivity contribution >= 4 is 28.7 Å². The van der Waals surface area contributed by atoms with Gasteiger partial charge in [0.15, 0.2) is 5.82 Å². The van der Waals surface area contributed by atoms with Gasteiger partial charge in [-0.1, -0.05) is 18.7 Å². The zero-order chi connectivity index (χ0) is 25.5. The van der Waals surface area contributed by atoms with E-state index in [1.54, 1.807) is 6.08 Å². The molecule has 2 saturated carbocycles. The van der Waals surface area contributed by atoms with E-state index in [0.717, 1.165) is 59.2 Å². The van der Waals surface area contributed by atoms with Gasteiger partial charge in [0.25, 0.3) is 0 Å². The third kappa shape index (κ3) is 4.44. The summed E-state index contributed by atoms with van der Waals surface area (Å²) < 4.78 is 0. The first-order chi connectivity index (χ1) is 18.1. The van der Waals surface area contributed by atoms with Crippen molar-refractivity contribution in [1.82, 2.24) is 19.9 Å². The van der Waals surface area contributed by atoms with Crippen LogP contribution in [0.5, 0.6) is 0 Å². The van der Waals surface area contributed by atoms with Crippen LogP contribution in [0.1, 0.15) is 55.1 Å². The Bertz CT molecular complexity index is 1420. The zero-order valence-corrected chi connectivity index (χ0v) is 20.8. The van der Waals surface area contributed by atoms with Gasteiger partial charge < -0.3 is 14.9 Å². The highest BCUT2D eigenvalue weighted by Crippen LogP contribution is 2.46. The van der Waals surface area contributed by atoms with Crippen molar-refractivity contribution in [2.45, 2.75) is 44.1 Å². The van der Waals surface area contributed by atoms with Crippen LogP contribution in [0.3, 0.4) is 0 Å². The number of benzene rings is 1. The molecule has 1 amide bonds. The summed E-state index contributed by atoms with van der Waals surface area (Å²) >= 11 is 0. The Labute approximate surface area is 216 Å². The standard InChI is InChI=1S/C29H30N6O2/c1-2-26-31-16-23-21(4-3-5-24(23)32-26)22-14-20(15-30)29(33-28(22)19-8-9-19)34-11-12-35(27(37)10-13-36)25(17-34)18-6-7-18/h2-5,14,16,18-19,25,36H,1,6-13,17H2. The minimum absolute atomic E-state index is 0.0133. The molecule has 188 valence electrons. The number of pyridine rings is 1. The summed E-state index contributed by atoms with van der Waals surface area (Å²) in [5.41, 5.74) is 4.36. The van der Waals surface area contributed by atoms with Crippen LogP contribution in [0.15, 0.2) is 37.0 Å². The average molecular weight is 495 g/mol. The predicted molar refractivity (Wildman–Crippen MR) is 142 cm³/mol. The molecule has 3 fully saturated rings. The van der Waals surface area contributed by atoms with E-state index < -0.39 is 0 Å². The number of amides is 1. The molecule has 6 rings (SSSR count). The van der Waals surface area contributed by atoms with Crippen molar-refractivity contribution in [3.05, 3.63) is 54.1 Å². The van der Waals surface area contributed by atoms with Crippen LogP contribution in [-0.4, -0.2) is 63.1 Å². The molecule has 0 radical (unpaired) electrons. The maximum Gasteiger partial charge on any atom is 0.225 e. The van der Waals surface area contributed by atoms with Crippen LogP contribution >= 0.6 is 0 Å². The molecule has 1 unspecified atom stereocenters. The number of anilines is 1. The third-order valence-corrected chi connectivity index (χ3v) is 7.76. The van der Waals surface area contributed by atoms with Gasteiger partial charge in [-0.3, -0.25) is 4.79 Å². The fourth-order valence-corrected chi connectivity index (χ4v) is 5.56. The van der Waals surface area contributed by atoms with Gasteiger partial charge in [0.1, 0.15) is 11.9 Å². The van der Waals surface area contributed by atoms with Crippen molar-refractivity contribution in [3.8, 4) is 17.2 Å². The second-order valence-corrected chi connectivity index (χ2v) is 10.3. The van der Waals surface area contributed by atoms with Crippen molar-refractivity contribution in [3.63, 3.8) is 0 Å². The second kappa shape index (κ2) is 9.56. The lowest BCUT2D eigenvalue weighted by atomic mass is 9.96. The molecule has 2 aromatic heterocycles. The van der Waals surface area contributed by atoms with E-state index in [2.05, 4.69) is 33.6 Å². The van der Waals surface area contributed by atoms with Crippen molar-refractivity contribution < 1.29 is 9.90 Å². The van der Waals surface area contributed by atoms with Gasteiger partial charge >= 0.3 is 0 Å². The fourth-order valence-electron chi connectivity index (χ4n) is 5.56. The molecule has 0 spiro atoms. The molecule has 1 aromatic carbocycles. The van der Waals surface area contributed by atoms with E-state index >= 15 is 0 Å². The normalized spacial score (nSPS) is 19.6. The Kier molecular flexibility index (Phi) is 6.09. The summed E-state index contributed by atoms with van der Waals surface area (Å²) in [4.78, 5) is 31.0. The molecule has 3 heterocycles. The van der Waals surface area contributed by atoms with Gasteiger partial charge in [-0.15, -0.1) is 0 Å². The van der Waals surface area contributed by atoms with Gasteiger partial charge in [0.05, 0.1) is 29.4 Å². The topological polar surface area (TPSA) is 106 Å². The highest BCUT2D eigenvalue weighted by molar-refractivity contribution is 5.95. The van der Waals surface area contributed by atoms with Crippen molar-refractivity contribution in [2.24, 2.45) is 5.92 Å². The Balaban J connectivity index is 1.40. The number of aliphatic hydroxyl groups is 1. The number of fused-ring (bicyclic) bond motifs is 1. The van der Waals surface area contributed by atoms with Gasteiger partial charge in [-0.05, 0) is 55.4 Å². The van der Waals surface area contributed by atoms with Crippen molar-refractivity contribution in [2.75, 3.05) is 31.1 Å². The molecule has 1 saturated heterocycles. The van der Waals surface area contributed by atoms with E-state index in [0.29, 0.717) is 42.9 Å². The molecule has 3 aromatic rings. The number of rotatable bonds is 7. The summed E-state index contributed by atoms with van der Waals surface area (Å²) in [6, 6.07) is 10.5. The monoisotopic (exact) mass is 494 g/mol. The highest BCUT2D eigenvalue weighted by Gasteiger charge is 2.41. The number of nitrogens with zero attached hydrogens (tertiary/aromatic N) is 6. The molecule has 3 aliphatic rings. The van der Waals surface area contributed by atoms with Gasteiger partial charge in [0.2, 0.25) is 5.91 Å². The molecule has 8 heteroatoms. The maximum atomic E-state index is 12.7. The van der Waals surface area contributed by atoms with Crippen molar-refractivity contribution in [1.29, 1.82) is 5.26 Å². The van der Waals surface area contributed by atoms with E-state index in [1.165, 1.54) is 0 Å². The lowest BCUT2D eigenvalue weighted by Gasteiger charge is -2.42. The van der Waals surface area contributed by atoms with Gasteiger partial charge in [-0.25, -0.2) is 15.0 Å². The van der Waals surface area contributed by atoms with Crippen LogP contribution in [0, 0.1) is 17.2 Å². The van der Waals surface area contributed by atoms with E-state index in [-0.39, 0.29) is 25.0 Å². The number of aliphatic hydroxyl groups excluding tert-OH is 1. The minimum atomic E-state index is -0.128. The zero-order valence-electron chi connectivity index (χ0n) is 20.8. The minimum Gasteiger partial charge on any atom is -0.396 e. The number of hydrogen-bond acceptors (Lipinski definition) is 7. The second-order valence-electron chi connectivity index (χ2n) is 10.3. The molecule has 1 atom stereocenters. The lowest BCUT2D eigenvalue weighted by molar-refractivity contribution is -0.135. The summed E-state index contributed by atoms with van der Waals surface area (Å²) in [7, 11) is 0. The SMILES string of the molecule is C=Cc1ncc2c(-c3cc(C#N)c(N4CCN(C(=O)CCO)C(C5CC5)C4)nc3C3CC3)cccc2n1. The highest BCUT2D eigenvalue weighted by atomic mass is 16.3. The summed E-state index contributed by atoms with van der Waals surface area (Å²) in [6.45, 7) is 5.52. The molecule has 2 aliphatic carbocycles. The van der Waals surface area contributed by atoms with Crippen LogP contribution in [0.4, 0.5) is 5.82 Å². The first-order valence-corrected chi connectivity index (χ1v) is 13.1. The molecular formula is C29H30N6O2. The van der Waals surface area contributed by atoms with E-state index in [4.69, 9.17) is 4.98 Å². The Hall–Kier alpha value is -3.83. The molecule has 8 nitrogen and oxygen atoms in total. The Morgan fingerprint density at radius 1 is 1.19 bits per heavy atom. The number of carbonyl (C=O) groups is 1.